The largest absolute Gasteiger partial charge is 0.480 e. The topological polar surface area (TPSA) is 526 Å². The van der Waals surface area contributed by atoms with Crippen LogP contribution < -0.4 is 82.3 Å². The van der Waals surface area contributed by atoms with Crippen LogP contribution in [0.15, 0.2) is 52.8 Å². The van der Waals surface area contributed by atoms with Crippen molar-refractivity contribution in [3.8, 4) is 0 Å². The third-order valence-electron chi connectivity index (χ3n) is 10.7. The number of primary amides is 1. The molecule has 0 spiro atoms. The number of aromatic nitrogens is 2. The fourth-order valence-corrected chi connectivity index (χ4v) is 6.95. The van der Waals surface area contributed by atoms with Crippen LogP contribution in [0.2, 0.25) is 0 Å². The fraction of sp³-hybridized carbons (Fsp3) is 0.500. The molecule has 0 unspecified atom stereocenters. The molecule has 1 aromatic heterocycles. The summed E-state index contributed by atoms with van der Waals surface area (Å²) in [6.45, 7) is 1.31. The first-order valence-corrected chi connectivity index (χ1v) is 24.2. The maximum absolute atomic E-state index is 13.8. The molecular weight excluding hydrogens is 1020 g/mol. The molecule has 23 N–H and O–H groups in total. The Bertz CT molecular complexity index is 2370. The van der Waals surface area contributed by atoms with Crippen LogP contribution in [-0.4, -0.2) is 172 Å². The summed E-state index contributed by atoms with van der Waals surface area (Å²) in [6, 6.07) is -2.70. The number of guanidine groups is 2. The molecule has 0 saturated carbocycles. The van der Waals surface area contributed by atoms with E-state index in [-0.39, 0.29) is 69.3 Å². The molecule has 0 saturated heterocycles. The SMILES string of the molecule is C[C@H](NC(=O)[C@H](Cc1cnc[nH]1)NC(=O)[C@H](CCCN=C(N)N)NC(=O)[C@H](CS)NC(=O)[C@H](C)NC(=O)[C@H](Cc1ccccc1)NC(=O)CNC(=O)[C@H](CCCN=C(N)N)NC(=O)[C@H](CC(N)=O)NC(=O)CN)C(=O)O. The number of nitrogens with two attached hydrogens (primary N) is 6. The highest BCUT2D eigenvalue weighted by Gasteiger charge is 2.33. The third-order valence-corrected chi connectivity index (χ3v) is 11.0. The van der Waals surface area contributed by atoms with Gasteiger partial charge < -0.3 is 92.3 Å². The molecule has 8 atom stereocenters. The lowest BCUT2D eigenvalue weighted by atomic mass is 10.0. The highest BCUT2D eigenvalue weighted by Crippen LogP contribution is 2.08. The van der Waals surface area contributed by atoms with Gasteiger partial charge in [0.1, 0.15) is 48.3 Å². The molecule has 31 nitrogen and oxygen atoms in total. The van der Waals surface area contributed by atoms with Crippen molar-refractivity contribution in [2.45, 2.75) is 107 Å². The number of H-pyrrole nitrogens is 1. The summed E-state index contributed by atoms with van der Waals surface area (Å²) in [4.78, 5) is 158. The summed E-state index contributed by atoms with van der Waals surface area (Å²) < 4.78 is 0. The van der Waals surface area contributed by atoms with Crippen molar-refractivity contribution in [3.63, 3.8) is 0 Å². The zero-order chi connectivity index (χ0) is 56.9. The number of hydrogen-bond acceptors (Lipinski definition) is 16. The zero-order valence-electron chi connectivity index (χ0n) is 41.8. The van der Waals surface area contributed by atoms with Crippen molar-refractivity contribution in [2.75, 3.05) is 31.9 Å². The summed E-state index contributed by atoms with van der Waals surface area (Å²) in [6.07, 6.45) is 1.89. The number of carbonyl (C=O) groups is 11. The normalized spacial score (nSPS) is 13.8. The van der Waals surface area contributed by atoms with E-state index in [0.29, 0.717) is 11.3 Å². The van der Waals surface area contributed by atoms with Crippen LogP contribution in [0, 0.1) is 0 Å². The van der Waals surface area contributed by atoms with E-state index >= 15 is 0 Å². The molecule has 0 bridgehead atoms. The second kappa shape index (κ2) is 33.3. The van der Waals surface area contributed by atoms with Gasteiger partial charge in [-0.3, -0.25) is 62.7 Å². The molecule has 2 aromatic rings. The first kappa shape index (κ1) is 63.6. The third kappa shape index (κ3) is 24.4. The van der Waals surface area contributed by atoms with Crippen LogP contribution >= 0.6 is 12.6 Å². The van der Waals surface area contributed by atoms with Crippen molar-refractivity contribution in [1.29, 1.82) is 0 Å². The fourth-order valence-electron chi connectivity index (χ4n) is 6.69. The van der Waals surface area contributed by atoms with E-state index in [9.17, 15) is 57.8 Å². The molecule has 0 aliphatic heterocycles. The van der Waals surface area contributed by atoms with Gasteiger partial charge in [-0.1, -0.05) is 30.3 Å². The van der Waals surface area contributed by atoms with E-state index in [1.807, 2.05) is 0 Å². The number of carbonyl (C=O) groups excluding carboxylic acids is 10. The average Bonchev–Trinajstić information content (AvgIpc) is 3.88. The van der Waals surface area contributed by atoms with E-state index in [0.717, 1.165) is 0 Å². The number of imidazole rings is 1. The number of aliphatic carboxylic acids is 1. The summed E-state index contributed by atoms with van der Waals surface area (Å²) in [5, 5.41) is 31.2. The lowest BCUT2D eigenvalue weighted by molar-refractivity contribution is -0.141. The summed E-state index contributed by atoms with van der Waals surface area (Å²) in [5.41, 5.74) is 33.2. The molecule has 32 heteroatoms. The zero-order valence-corrected chi connectivity index (χ0v) is 42.7. The lowest BCUT2D eigenvalue weighted by Gasteiger charge is -2.26. The van der Waals surface area contributed by atoms with Crippen LogP contribution in [0.3, 0.4) is 0 Å². The molecule has 76 heavy (non-hydrogen) atoms. The van der Waals surface area contributed by atoms with E-state index < -0.39 is 133 Å². The van der Waals surface area contributed by atoms with Gasteiger partial charge in [0.05, 0.1) is 25.8 Å². The number of aliphatic imine (C=N–C) groups is 2. The van der Waals surface area contributed by atoms with E-state index in [1.54, 1.807) is 30.3 Å². The molecule has 1 aromatic carbocycles. The van der Waals surface area contributed by atoms with Gasteiger partial charge in [-0.05, 0) is 45.1 Å². The highest BCUT2D eigenvalue weighted by atomic mass is 32.1. The van der Waals surface area contributed by atoms with Gasteiger partial charge >= 0.3 is 5.97 Å². The Morgan fingerprint density at radius 3 is 1.61 bits per heavy atom. The maximum atomic E-state index is 13.8. The summed E-state index contributed by atoms with van der Waals surface area (Å²) in [7, 11) is 0. The van der Waals surface area contributed by atoms with Crippen molar-refractivity contribution in [1.82, 2.24) is 57.8 Å². The van der Waals surface area contributed by atoms with E-state index in [4.69, 9.17) is 34.4 Å². The van der Waals surface area contributed by atoms with Crippen LogP contribution in [0.1, 0.15) is 57.2 Å². The minimum absolute atomic E-state index is 0.0315. The number of rotatable bonds is 34. The van der Waals surface area contributed by atoms with Gasteiger partial charge in [-0.25, -0.2) is 4.98 Å². The standard InChI is InChI=1S/C44H69N19O12S/c1-22(35(67)63-31(20-76)41(73)61-27(11-7-13-53-44(49)50)37(69)62-29(15-25-18-51-21-55-25)39(71)57-23(2)42(74)75)56-38(70)28(14-24-8-4-3-5-9-24)59-34(66)19-54-36(68)26(10-6-12-52-43(47)48)60-40(72)30(16-32(46)64)58-33(65)17-45/h3-5,8-9,18,21-23,26-31,76H,6-7,10-17,19-20,45H2,1-2H3,(H2,46,64)(H,51,55)(H,54,68)(H,56,70)(H,57,71)(H,58,65)(H,59,66)(H,60,72)(H,61,73)(H,62,69)(H,63,67)(H,74,75)(H4,47,48,52)(H4,49,50,53)/t22-,23-,26-,27-,28-,29-,30-,31-/m0/s1. The molecule has 0 fully saturated rings. The first-order chi connectivity index (χ1) is 35.9. The first-order valence-electron chi connectivity index (χ1n) is 23.6. The van der Waals surface area contributed by atoms with Crippen LogP contribution in [0.25, 0.3) is 0 Å². The van der Waals surface area contributed by atoms with Crippen molar-refractivity contribution >= 4 is 89.6 Å². The van der Waals surface area contributed by atoms with Gasteiger partial charge in [0.15, 0.2) is 11.9 Å². The Morgan fingerprint density at radius 2 is 1.09 bits per heavy atom. The predicted octanol–water partition coefficient (Wildman–Crippen LogP) is -7.82. The smallest absolute Gasteiger partial charge is 0.325 e. The molecular formula is C44H69N19O12S. The molecule has 1 heterocycles. The molecule has 10 amide bonds. The molecule has 0 aliphatic rings. The Balaban J connectivity index is 2.25. The second-order valence-corrected chi connectivity index (χ2v) is 17.3. The number of carboxylic acid groups (broad SMARTS) is 1. The number of nitrogens with one attached hydrogen (secondary N) is 10. The number of thiol groups is 1. The summed E-state index contributed by atoms with van der Waals surface area (Å²) in [5.74, 6) is -11.0. The van der Waals surface area contributed by atoms with Gasteiger partial charge in [0.25, 0.3) is 0 Å². The second-order valence-electron chi connectivity index (χ2n) is 16.9. The minimum atomic E-state index is -1.50. The van der Waals surface area contributed by atoms with Crippen molar-refractivity contribution in [2.24, 2.45) is 44.4 Å². The quantitative estimate of drug-likeness (QED) is 0.0134. The van der Waals surface area contributed by atoms with Gasteiger partial charge in [0, 0.05) is 43.6 Å². The van der Waals surface area contributed by atoms with Gasteiger partial charge in [0.2, 0.25) is 59.1 Å². The monoisotopic (exact) mass is 1090 g/mol. The van der Waals surface area contributed by atoms with E-state index in [1.165, 1.54) is 26.4 Å². The maximum Gasteiger partial charge on any atom is 0.325 e. The molecule has 2 rings (SSSR count). The number of carboxylic acids is 1. The Labute approximate surface area is 441 Å². The minimum Gasteiger partial charge on any atom is -0.480 e. The number of amides is 10. The predicted molar refractivity (Wildman–Crippen MR) is 276 cm³/mol. The Kier molecular flexibility index (Phi) is 27.9. The van der Waals surface area contributed by atoms with Crippen LogP contribution in [0.5, 0.6) is 0 Å². The highest BCUT2D eigenvalue weighted by molar-refractivity contribution is 7.80. The molecule has 0 aliphatic carbocycles. The number of aromatic amines is 1. The van der Waals surface area contributed by atoms with Crippen LogP contribution in [-0.2, 0) is 65.6 Å². The molecule has 0 radical (unpaired) electrons. The van der Waals surface area contributed by atoms with Crippen molar-refractivity contribution in [3.05, 3.63) is 54.1 Å². The van der Waals surface area contributed by atoms with Gasteiger partial charge in [-0.2, -0.15) is 12.6 Å². The Morgan fingerprint density at radius 1 is 0.605 bits per heavy atom. The average molecular weight is 1090 g/mol. The summed E-state index contributed by atoms with van der Waals surface area (Å²) >= 11 is 4.22. The number of nitrogens with zero attached hydrogens (tertiary/aromatic N) is 3. The van der Waals surface area contributed by atoms with E-state index in [2.05, 4.69) is 80.4 Å². The molecule has 418 valence electrons. The van der Waals surface area contributed by atoms with Gasteiger partial charge in [-0.15, -0.1) is 0 Å². The Hall–Kier alpha value is -8.55. The van der Waals surface area contributed by atoms with Crippen LogP contribution in [0.4, 0.5) is 0 Å². The lowest BCUT2D eigenvalue weighted by Crippen LogP contribution is -2.60. The number of benzene rings is 1. The number of hydrogen-bond donors (Lipinski definition) is 18. The van der Waals surface area contributed by atoms with Crippen molar-refractivity contribution < 1.29 is 57.8 Å².